The average molecular weight is 429 g/mol. The van der Waals surface area contributed by atoms with Gasteiger partial charge in [0, 0.05) is 36.2 Å². The molecule has 6 heteroatoms. The van der Waals surface area contributed by atoms with Gasteiger partial charge in [-0.3, -0.25) is 0 Å². The Morgan fingerprint density at radius 3 is 2.67 bits per heavy atom. The first-order valence-corrected chi connectivity index (χ1v) is 11.8. The summed E-state index contributed by atoms with van der Waals surface area (Å²) < 4.78 is 19.2. The molecule has 160 valence electrons. The van der Waals surface area contributed by atoms with Gasteiger partial charge in [-0.05, 0) is 79.7 Å². The lowest BCUT2D eigenvalue weighted by molar-refractivity contribution is -0.0383. The quantitative estimate of drug-likeness (QED) is 0.586. The largest absolute Gasteiger partial charge is 0.495 e. The van der Waals surface area contributed by atoms with Crippen LogP contribution in [0.4, 0.5) is 4.39 Å². The number of ether oxygens (including phenoxy) is 1. The second kappa shape index (κ2) is 7.98. The molecule has 0 spiro atoms. The zero-order chi connectivity index (χ0) is 20.7. The van der Waals surface area contributed by atoms with Crippen molar-refractivity contribution in [3.05, 3.63) is 52.1 Å². The molecule has 2 fully saturated rings. The van der Waals surface area contributed by atoms with Gasteiger partial charge in [0.25, 0.3) is 0 Å². The van der Waals surface area contributed by atoms with Crippen LogP contribution in [-0.2, 0) is 5.60 Å². The molecule has 1 saturated heterocycles. The van der Waals surface area contributed by atoms with Gasteiger partial charge >= 0.3 is 0 Å². The van der Waals surface area contributed by atoms with Crippen molar-refractivity contribution in [3.63, 3.8) is 0 Å². The maximum Gasteiger partial charge on any atom is 0.135 e. The number of hydrogen-bond acceptors (Lipinski definition) is 4. The molecule has 4 nitrogen and oxygen atoms in total. The number of hydrogen-bond donors (Lipinski definition) is 2. The lowest BCUT2D eigenvalue weighted by Gasteiger charge is -2.43. The molecule has 0 atom stereocenters. The number of H-pyrrole nitrogens is 1. The molecular formula is C24H29FN2O2S. The molecule has 2 N–H and O–H groups in total. The average Bonchev–Trinajstić information content (AvgIpc) is 3.41. The maximum atomic E-state index is 13.7. The Kier molecular flexibility index (Phi) is 5.33. The molecule has 0 radical (unpaired) electrons. The number of piperidine rings is 1. The number of methoxy groups -OCH3 is 1. The highest BCUT2D eigenvalue weighted by molar-refractivity contribution is 7.10. The summed E-state index contributed by atoms with van der Waals surface area (Å²) in [4.78, 5) is 6.85. The fourth-order valence-corrected chi connectivity index (χ4v) is 6.51. The van der Waals surface area contributed by atoms with E-state index in [4.69, 9.17) is 4.74 Å². The molecule has 1 aliphatic heterocycles. The molecular weight excluding hydrogens is 399 g/mol. The van der Waals surface area contributed by atoms with Crippen molar-refractivity contribution in [1.82, 2.24) is 9.88 Å². The summed E-state index contributed by atoms with van der Waals surface area (Å²) in [6.45, 7) is 1.84. The zero-order valence-electron chi connectivity index (χ0n) is 17.4. The normalized spacial score (nSPS) is 24.9. The number of halogens is 1. The van der Waals surface area contributed by atoms with Crippen molar-refractivity contribution < 1.29 is 14.2 Å². The third kappa shape index (κ3) is 3.55. The van der Waals surface area contributed by atoms with Crippen LogP contribution in [0, 0.1) is 5.82 Å². The van der Waals surface area contributed by atoms with Crippen LogP contribution in [0.15, 0.2) is 35.8 Å². The number of rotatable bonds is 4. The molecule has 30 heavy (non-hydrogen) atoms. The van der Waals surface area contributed by atoms with E-state index in [-0.39, 0.29) is 5.82 Å². The molecule has 2 aromatic heterocycles. The number of aromatic nitrogens is 1. The molecule has 1 aliphatic carbocycles. The van der Waals surface area contributed by atoms with Gasteiger partial charge in [0.1, 0.15) is 17.2 Å². The highest BCUT2D eigenvalue weighted by Crippen LogP contribution is 2.43. The van der Waals surface area contributed by atoms with Crippen molar-refractivity contribution >= 4 is 22.2 Å². The SMILES string of the molecule is COc1ccsc1C1(O)CCN(C2CCC(c3c[nH]c4ccc(F)cc34)CC2)CC1. The second-order valence-corrected chi connectivity index (χ2v) is 9.74. The first-order chi connectivity index (χ1) is 14.6. The van der Waals surface area contributed by atoms with Gasteiger partial charge in [-0.25, -0.2) is 4.39 Å². The van der Waals surface area contributed by atoms with E-state index >= 15 is 0 Å². The zero-order valence-corrected chi connectivity index (χ0v) is 18.2. The number of aliphatic hydroxyl groups is 1. The number of aromatic amines is 1. The summed E-state index contributed by atoms with van der Waals surface area (Å²) >= 11 is 1.59. The number of thiophene rings is 1. The minimum atomic E-state index is -0.763. The molecule has 3 aromatic rings. The minimum Gasteiger partial charge on any atom is -0.495 e. The monoisotopic (exact) mass is 428 g/mol. The highest BCUT2D eigenvalue weighted by atomic mass is 32.1. The van der Waals surface area contributed by atoms with E-state index in [2.05, 4.69) is 16.1 Å². The number of nitrogens with zero attached hydrogens (tertiary/aromatic N) is 1. The Balaban J connectivity index is 1.21. The molecule has 3 heterocycles. The number of fused-ring (bicyclic) bond motifs is 1. The lowest BCUT2D eigenvalue weighted by atomic mass is 9.80. The van der Waals surface area contributed by atoms with Gasteiger partial charge in [-0.15, -0.1) is 11.3 Å². The van der Waals surface area contributed by atoms with Crippen LogP contribution in [0.25, 0.3) is 10.9 Å². The standard InChI is InChI=1S/C24H29FN2O2S/c1-29-22-8-13-30-23(22)24(28)9-11-27(12-10-24)18-5-2-16(3-6-18)20-15-26-21-7-4-17(25)14-19(20)21/h4,7-8,13-16,18,26,28H,2-3,5-6,9-12H2,1H3. The first-order valence-electron chi connectivity index (χ1n) is 10.9. The summed E-state index contributed by atoms with van der Waals surface area (Å²) in [6.07, 6.45) is 8.17. The van der Waals surface area contributed by atoms with E-state index in [1.807, 2.05) is 17.5 Å². The smallest absolute Gasteiger partial charge is 0.135 e. The minimum absolute atomic E-state index is 0.166. The summed E-state index contributed by atoms with van der Waals surface area (Å²) in [5.74, 6) is 1.14. The van der Waals surface area contributed by atoms with Crippen LogP contribution in [-0.4, -0.2) is 41.2 Å². The van der Waals surface area contributed by atoms with Crippen LogP contribution >= 0.6 is 11.3 Å². The number of likely N-dealkylation sites (tertiary alicyclic amines) is 1. The predicted octanol–water partition coefficient (Wildman–Crippen LogP) is 5.39. The van der Waals surface area contributed by atoms with Crippen LogP contribution < -0.4 is 4.74 Å². The third-order valence-electron chi connectivity index (χ3n) is 7.23. The van der Waals surface area contributed by atoms with Crippen molar-refractivity contribution in [1.29, 1.82) is 0 Å². The van der Waals surface area contributed by atoms with Crippen molar-refractivity contribution in [2.75, 3.05) is 20.2 Å². The number of benzene rings is 1. The fourth-order valence-electron chi connectivity index (χ4n) is 5.49. The van der Waals surface area contributed by atoms with E-state index in [1.165, 1.54) is 11.6 Å². The molecule has 5 rings (SSSR count). The van der Waals surface area contributed by atoms with Gasteiger partial charge < -0.3 is 19.7 Å². The van der Waals surface area contributed by atoms with Crippen molar-refractivity contribution in [3.8, 4) is 5.75 Å². The Bertz CT molecular complexity index is 1010. The van der Waals surface area contributed by atoms with Gasteiger partial charge in [-0.1, -0.05) is 0 Å². The van der Waals surface area contributed by atoms with Crippen molar-refractivity contribution in [2.24, 2.45) is 0 Å². The Morgan fingerprint density at radius 1 is 1.17 bits per heavy atom. The molecule has 0 unspecified atom stereocenters. The molecule has 0 amide bonds. The van der Waals surface area contributed by atoms with E-state index < -0.39 is 5.60 Å². The van der Waals surface area contributed by atoms with Gasteiger partial charge in [0.2, 0.25) is 0 Å². The first kappa shape index (κ1) is 20.0. The molecule has 1 saturated carbocycles. The van der Waals surface area contributed by atoms with E-state index in [0.29, 0.717) is 12.0 Å². The van der Waals surface area contributed by atoms with E-state index in [9.17, 15) is 9.50 Å². The molecule has 1 aromatic carbocycles. The fraction of sp³-hybridized carbons (Fsp3) is 0.500. The van der Waals surface area contributed by atoms with Gasteiger partial charge in [0.15, 0.2) is 0 Å². The Morgan fingerprint density at radius 2 is 1.93 bits per heavy atom. The van der Waals surface area contributed by atoms with Crippen LogP contribution in [0.2, 0.25) is 0 Å². The van der Waals surface area contributed by atoms with Gasteiger partial charge in [0.05, 0.1) is 12.0 Å². The van der Waals surface area contributed by atoms with Crippen molar-refractivity contribution in [2.45, 2.75) is 56.1 Å². The van der Waals surface area contributed by atoms with Crippen LogP contribution in [0.1, 0.15) is 54.9 Å². The predicted molar refractivity (Wildman–Crippen MR) is 119 cm³/mol. The second-order valence-electron chi connectivity index (χ2n) is 8.83. The summed E-state index contributed by atoms with van der Waals surface area (Å²) in [7, 11) is 1.67. The highest BCUT2D eigenvalue weighted by Gasteiger charge is 2.39. The topological polar surface area (TPSA) is 48.5 Å². The third-order valence-corrected chi connectivity index (χ3v) is 8.31. The Hall–Kier alpha value is -1.89. The van der Waals surface area contributed by atoms with E-state index in [1.54, 1.807) is 24.5 Å². The van der Waals surface area contributed by atoms with E-state index in [0.717, 1.165) is 73.1 Å². The molecule has 0 bridgehead atoms. The van der Waals surface area contributed by atoms with Crippen LogP contribution in [0.3, 0.4) is 0 Å². The summed E-state index contributed by atoms with van der Waals surface area (Å²) in [6, 6.07) is 7.54. The van der Waals surface area contributed by atoms with Crippen LogP contribution in [0.5, 0.6) is 5.75 Å². The number of nitrogens with one attached hydrogen (secondary N) is 1. The molecule has 2 aliphatic rings. The lowest BCUT2D eigenvalue weighted by Crippen LogP contribution is -2.47. The maximum absolute atomic E-state index is 13.7. The Labute approximate surface area is 180 Å². The van der Waals surface area contributed by atoms with Gasteiger partial charge in [-0.2, -0.15) is 0 Å². The summed E-state index contributed by atoms with van der Waals surface area (Å²) in [5, 5.41) is 14.2. The summed E-state index contributed by atoms with van der Waals surface area (Å²) in [5.41, 5.74) is 1.52.